The molecular formula is C19H19NO5S. The van der Waals surface area contributed by atoms with Crippen LogP contribution < -0.4 is 5.32 Å². The van der Waals surface area contributed by atoms with Gasteiger partial charge in [0.15, 0.2) is 0 Å². The zero-order valence-corrected chi connectivity index (χ0v) is 15.4. The highest BCUT2D eigenvalue weighted by atomic mass is 32.1. The summed E-state index contributed by atoms with van der Waals surface area (Å²) in [7, 11) is 1.32. The third-order valence-electron chi connectivity index (χ3n) is 4.17. The first-order valence-electron chi connectivity index (χ1n) is 8.27. The molecule has 7 heteroatoms. The van der Waals surface area contributed by atoms with Gasteiger partial charge in [0.05, 0.1) is 12.7 Å². The molecule has 0 aliphatic heterocycles. The van der Waals surface area contributed by atoms with Crippen LogP contribution in [0.2, 0.25) is 0 Å². The Morgan fingerprint density at radius 2 is 1.88 bits per heavy atom. The number of thiophene rings is 1. The maximum Gasteiger partial charge on any atom is 0.341 e. The highest BCUT2D eigenvalue weighted by Crippen LogP contribution is 2.40. The van der Waals surface area contributed by atoms with Gasteiger partial charge < -0.3 is 14.8 Å². The lowest BCUT2D eigenvalue weighted by Crippen LogP contribution is -2.25. The average Bonchev–Trinajstić information content (AvgIpc) is 3.20. The predicted octanol–water partition coefficient (Wildman–Crippen LogP) is 3.27. The number of carbonyl (C=O) groups excluding carboxylic acids is 3. The second kappa shape index (κ2) is 7.70. The van der Waals surface area contributed by atoms with Crippen molar-refractivity contribution in [2.24, 2.45) is 0 Å². The summed E-state index contributed by atoms with van der Waals surface area (Å²) < 4.78 is 10.1. The van der Waals surface area contributed by atoms with Gasteiger partial charge in [-0.25, -0.2) is 4.79 Å². The zero-order chi connectivity index (χ0) is 18.7. The van der Waals surface area contributed by atoms with E-state index in [1.165, 1.54) is 25.4 Å². The predicted molar refractivity (Wildman–Crippen MR) is 97.3 cm³/mol. The lowest BCUT2D eigenvalue weighted by atomic mass is 10.1. The Kier molecular flexibility index (Phi) is 5.37. The zero-order valence-electron chi connectivity index (χ0n) is 14.5. The average molecular weight is 373 g/mol. The fraction of sp³-hybridized carbons (Fsp3) is 0.316. The minimum Gasteiger partial charge on any atom is -0.465 e. The summed E-state index contributed by atoms with van der Waals surface area (Å²) in [5, 5.41) is 3.20. The number of hydrogen-bond acceptors (Lipinski definition) is 6. The van der Waals surface area contributed by atoms with Crippen LogP contribution in [-0.4, -0.2) is 25.0 Å². The molecule has 6 nitrogen and oxygen atoms in total. The second-order valence-electron chi connectivity index (χ2n) is 5.94. The Morgan fingerprint density at radius 1 is 1.15 bits per heavy atom. The Bertz CT molecular complexity index is 843. The van der Waals surface area contributed by atoms with Gasteiger partial charge in [0.1, 0.15) is 5.00 Å². The quantitative estimate of drug-likeness (QED) is 0.814. The van der Waals surface area contributed by atoms with Gasteiger partial charge in [0.25, 0.3) is 5.91 Å². The monoisotopic (exact) mass is 373 g/mol. The Morgan fingerprint density at radius 3 is 2.54 bits per heavy atom. The van der Waals surface area contributed by atoms with E-state index in [1.807, 2.05) is 6.07 Å². The normalized spacial score (nSPS) is 13.6. The number of fused-ring (bicyclic) bond motifs is 1. The fourth-order valence-corrected chi connectivity index (χ4v) is 4.33. The van der Waals surface area contributed by atoms with Crippen molar-refractivity contribution in [1.29, 1.82) is 0 Å². The van der Waals surface area contributed by atoms with E-state index in [0.717, 1.165) is 29.7 Å². The van der Waals surface area contributed by atoms with Crippen molar-refractivity contribution in [3.8, 4) is 0 Å². The van der Waals surface area contributed by atoms with Crippen molar-refractivity contribution in [2.75, 3.05) is 12.4 Å². The van der Waals surface area contributed by atoms with Crippen LogP contribution in [0.15, 0.2) is 30.3 Å². The molecule has 0 saturated carbocycles. The summed E-state index contributed by atoms with van der Waals surface area (Å²) in [6, 6.07) is 8.76. The molecule has 1 amide bonds. The molecule has 1 aromatic carbocycles. The molecule has 1 atom stereocenters. The number of anilines is 1. The van der Waals surface area contributed by atoms with Crippen LogP contribution in [0.5, 0.6) is 0 Å². The molecule has 136 valence electrons. The summed E-state index contributed by atoms with van der Waals surface area (Å²) in [5.41, 5.74) is 1.91. The number of esters is 2. The van der Waals surface area contributed by atoms with Crippen LogP contribution >= 0.6 is 11.3 Å². The van der Waals surface area contributed by atoms with Crippen LogP contribution in [0.4, 0.5) is 5.00 Å². The molecule has 0 saturated heterocycles. The van der Waals surface area contributed by atoms with Gasteiger partial charge in [0, 0.05) is 17.4 Å². The summed E-state index contributed by atoms with van der Waals surface area (Å²) in [4.78, 5) is 37.5. The summed E-state index contributed by atoms with van der Waals surface area (Å²) in [5.74, 6) is -1.53. The highest BCUT2D eigenvalue weighted by Gasteiger charge is 2.30. The molecule has 0 radical (unpaired) electrons. The second-order valence-corrected chi connectivity index (χ2v) is 7.05. The van der Waals surface area contributed by atoms with Crippen LogP contribution in [0.3, 0.4) is 0 Å². The van der Waals surface area contributed by atoms with Gasteiger partial charge in [-0.05, 0) is 24.8 Å². The summed E-state index contributed by atoms with van der Waals surface area (Å²) in [6.07, 6.45) is 1.57. The van der Waals surface area contributed by atoms with Crippen molar-refractivity contribution >= 4 is 34.2 Å². The van der Waals surface area contributed by atoms with Crippen molar-refractivity contribution < 1.29 is 23.9 Å². The molecular weight excluding hydrogens is 354 g/mol. The lowest BCUT2D eigenvalue weighted by Gasteiger charge is -2.17. The smallest absolute Gasteiger partial charge is 0.341 e. The number of benzene rings is 1. The maximum atomic E-state index is 12.8. The molecule has 26 heavy (non-hydrogen) atoms. The lowest BCUT2D eigenvalue weighted by molar-refractivity contribution is -0.152. The van der Waals surface area contributed by atoms with Gasteiger partial charge in [0.2, 0.25) is 6.10 Å². The molecule has 0 fully saturated rings. The SMILES string of the molecule is COC(=O)c1c(NC(=O)C(OC(C)=O)c2ccccc2)sc2c1CCC2. The number of carbonyl (C=O) groups is 3. The molecule has 1 N–H and O–H groups in total. The molecule has 0 bridgehead atoms. The van der Waals surface area contributed by atoms with Crippen molar-refractivity contribution in [2.45, 2.75) is 32.3 Å². The van der Waals surface area contributed by atoms with E-state index < -0.39 is 23.9 Å². The van der Waals surface area contributed by atoms with E-state index >= 15 is 0 Å². The van der Waals surface area contributed by atoms with E-state index in [4.69, 9.17) is 9.47 Å². The number of amides is 1. The number of methoxy groups -OCH3 is 1. The van der Waals surface area contributed by atoms with E-state index in [9.17, 15) is 14.4 Å². The molecule has 1 unspecified atom stereocenters. The van der Waals surface area contributed by atoms with E-state index in [1.54, 1.807) is 24.3 Å². The van der Waals surface area contributed by atoms with Gasteiger partial charge in [-0.3, -0.25) is 9.59 Å². The van der Waals surface area contributed by atoms with Crippen molar-refractivity contribution in [3.05, 3.63) is 51.9 Å². The number of rotatable bonds is 5. The first kappa shape index (κ1) is 18.1. The maximum absolute atomic E-state index is 12.8. The topological polar surface area (TPSA) is 81.7 Å². The number of aryl methyl sites for hydroxylation is 1. The standard InChI is InChI=1S/C19H19NO5S/c1-11(21)25-16(12-7-4-3-5-8-12)17(22)20-18-15(19(23)24-2)13-9-6-10-14(13)26-18/h3-5,7-8,16H,6,9-10H2,1-2H3,(H,20,22). The molecule has 1 aliphatic carbocycles. The van der Waals surface area contributed by atoms with E-state index in [0.29, 0.717) is 16.1 Å². The molecule has 1 heterocycles. The Hall–Kier alpha value is -2.67. The van der Waals surface area contributed by atoms with Crippen molar-refractivity contribution in [1.82, 2.24) is 0 Å². The van der Waals surface area contributed by atoms with Gasteiger partial charge in [-0.15, -0.1) is 11.3 Å². The largest absolute Gasteiger partial charge is 0.465 e. The molecule has 3 rings (SSSR count). The molecule has 1 aromatic heterocycles. The van der Waals surface area contributed by atoms with Crippen LogP contribution in [-0.2, 0) is 31.9 Å². The van der Waals surface area contributed by atoms with Crippen LogP contribution in [0.25, 0.3) is 0 Å². The molecule has 0 spiro atoms. The molecule has 1 aliphatic rings. The first-order valence-corrected chi connectivity index (χ1v) is 9.08. The van der Waals surface area contributed by atoms with Crippen LogP contribution in [0, 0.1) is 0 Å². The van der Waals surface area contributed by atoms with E-state index in [-0.39, 0.29) is 0 Å². The third kappa shape index (κ3) is 3.62. The number of hydrogen-bond donors (Lipinski definition) is 1. The van der Waals surface area contributed by atoms with Gasteiger partial charge in [-0.1, -0.05) is 30.3 Å². The summed E-state index contributed by atoms with van der Waals surface area (Å²) in [6.45, 7) is 1.25. The minimum atomic E-state index is -1.09. The van der Waals surface area contributed by atoms with Crippen LogP contribution in [0.1, 0.15) is 45.8 Å². The fourth-order valence-electron chi connectivity index (χ4n) is 3.05. The number of ether oxygens (including phenoxy) is 2. The molecule has 2 aromatic rings. The van der Waals surface area contributed by atoms with Gasteiger partial charge >= 0.3 is 11.9 Å². The first-order chi connectivity index (χ1) is 12.5. The Balaban J connectivity index is 1.91. The third-order valence-corrected chi connectivity index (χ3v) is 5.38. The highest BCUT2D eigenvalue weighted by molar-refractivity contribution is 7.17. The number of nitrogens with one attached hydrogen (secondary N) is 1. The Labute approximate surface area is 155 Å². The van der Waals surface area contributed by atoms with Crippen molar-refractivity contribution in [3.63, 3.8) is 0 Å². The summed E-state index contributed by atoms with van der Waals surface area (Å²) >= 11 is 1.38. The minimum absolute atomic E-state index is 0.410. The van der Waals surface area contributed by atoms with E-state index in [2.05, 4.69) is 5.32 Å². The van der Waals surface area contributed by atoms with Gasteiger partial charge in [-0.2, -0.15) is 0 Å².